The first kappa shape index (κ1) is 24.4. The van der Waals surface area contributed by atoms with Crippen molar-refractivity contribution < 1.29 is 19.3 Å². The predicted octanol–water partition coefficient (Wildman–Crippen LogP) is 3.74. The molecule has 5 rings (SSSR count). The van der Waals surface area contributed by atoms with Crippen LogP contribution in [0.1, 0.15) is 27.9 Å². The van der Waals surface area contributed by atoms with Crippen LogP contribution in [0.2, 0.25) is 0 Å². The summed E-state index contributed by atoms with van der Waals surface area (Å²) in [6, 6.07) is 14.2. The van der Waals surface area contributed by atoms with E-state index in [2.05, 4.69) is 44.1 Å². The van der Waals surface area contributed by atoms with Gasteiger partial charge in [-0.15, -0.1) is 5.10 Å². The van der Waals surface area contributed by atoms with E-state index in [0.717, 1.165) is 43.2 Å². The summed E-state index contributed by atoms with van der Waals surface area (Å²) >= 11 is 1.45. The molecule has 0 unspecified atom stereocenters. The van der Waals surface area contributed by atoms with Crippen molar-refractivity contribution in [3.05, 3.63) is 64.3 Å². The smallest absolute Gasteiger partial charge is 0.230 e. The van der Waals surface area contributed by atoms with Gasteiger partial charge in [-0.2, -0.15) is 4.52 Å². The molecule has 1 aliphatic heterocycles. The minimum absolute atomic E-state index is 0.112. The topological polar surface area (TPSA) is 84.6 Å². The van der Waals surface area contributed by atoms with E-state index in [0.29, 0.717) is 28.0 Å². The van der Waals surface area contributed by atoms with E-state index in [4.69, 9.17) is 14.2 Å². The number of benzene rings is 2. The first-order valence-electron chi connectivity index (χ1n) is 11.9. The van der Waals surface area contributed by atoms with Gasteiger partial charge in [-0.05, 0) is 30.2 Å². The van der Waals surface area contributed by atoms with Crippen molar-refractivity contribution in [1.29, 1.82) is 0 Å². The van der Waals surface area contributed by atoms with Crippen molar-refractivity contribution in [2.24, 2.45) is 0 Å². The number of aryl methyl sites for hydroxylation is 1. The maximum absolute atomic E-state index is 11.2. The Bertz CT molecular complexity index is 1310. The van der Waals surface area contributed by atoms with E-state index in [-0.39, 0.29) is 11.9 Å². The highest BCUT2D eigenvalue weighted by Gasteiger charge is 2.33. The van der Waals surface area contributed by atoms with Gasteiger partial charge in [0.1, 0.15) is 5.82 Å². The largest absolute Gasteiger partial charge is 0.493 e. The number of hydrogen-bond acceptors (Lipinski definition) is 9. The second-order valence-electron chi connectivity index (χ2n) is 8.80. The lowest BCUT2D eigenvalue weighted by Crippen LogP contribution is -2.47. The molecule has 0 bridgehead atoms. The number of methoxy groups -OCH3 is 3. The Kier molecular flexibility index (Phi) is 6.99. The lowest BCUT2D eigenvalue weighted by atomic mass is 10.0. The monoisotopic (exact) mass is 509 g/mol. The standard InChI is InChI=1S/C26H31N5O4S/c1-17-27-26-31(28-17)25(32)24(36-26)22(19-14-20(33-2)23(35-4)21(15-19)34-3)30-12-10-29(11-13-30)16-18-8-6-5-7-9-18/h5-9,14-15,22,32H,10-13,16H2,1-4H3/t22-/m0/s1. The summed E-state index contributed by atoms with van der Waals surface area (Å²) in [5.74, 6) is 2.43. The summed E-state index contributed by atoms with van der Waals surface area (Å²) in [7, 11) is 4.82. The van der Waals surface area contributed by atoms with Gasteiger partial charge in [0.2, 0.25) is 16.6 Å². The highest BCUT2D eigenvalue weighted by molar-refractivity contribution is 7.17. The molecule has 10 heteroatoms. The van der Waals surface area contributed by atoms with Gasteiger partial charge in [-0.1, -0.05) is 41.7 Å². The van der Waals surface area contributed by atoms with E-state index in [1.165, 1.54) is 21.4 Å². The molecule has 2 aromatic carbocycles. The number of piperazine rings is 1. The summed E-state index contributed by atoms with van der Waals surface area (Å²) in [5.41, 5.74) is 2.25. The number of rotatable bonds is 8. The molecule has 2 aromatic heterocycles. The molecule has 0 spiro atoms. The lowest BCUT2D eigenvalue weighted by Gasteiger charge is -2.39. The van der Waals surface area contributed by atoms with Crippen LogP contribution in [0.3, 0.4) is 0 Å². The first-order chi connectivity index (χ1) is 17.5. The summed E-state index contributed by atoms with van der Waals surface area (Å²) in [6.45, 7) is 6.24. The molecule has 36 heavy (non-hydrogen) atoms. The van der Waals surface area contributed by atoms with Crippen LogP contribution in [0, 0.1) is 6.92 Å². The maximum Gasteiger partial charge on any atom is 0.230 e. The number of aromatic hydroxyl groups is 1. The highest BCUT2D eigenvalue weighted by Crippen LogP contribution is 2.45. The molecule has 190 valence electrons. The van der Waals surface area contributed by atoms with Crippen molar-refractivity contribution in [3.63, 3.8) is 0 Å². The van der Waals surface area contributed by atoms with Crippen LogP contribution in [-0.2, 0) is 6.54 Å². The van der Waals surface area contributed by atoms with Gasteiger partial charge in [0.05, 0.1) is 32.2 Å². The second-order valence-corrected chi connectivity index (χ2v) is 9.81. The SMILES string of the molecule is COc1cc([C@@H](c2sc3nc(C)nn3c2O)N2CCN(Cc3ccccc3)CC2)cc(OC)c1OC. The van der Waals surface area contributed by atoms with Crippen LogP contribution in [0.15, 0.2) is 42.5 Å². The van der Waals surface area contributed by atoms with Gasteiger partial charge in [0.25, 0.3) is 0 Å². The minimum atomic E-state index is -0.230. The van der Waals surface area contributed by atoms with Gasteiger partial charge in [0.15, 0.2) is 11.5 Å². The zero-order valence-corrected chi connectivity index (χ0v) is 21.8. The Balaban J connectivity index is 1.51. The molecule has 1 aliphatic rings. The Hall–Kier alpha value is -3.34. The Morgan fingerprint density at radius 3 is 2.22 bits per heavy atom. The molecule has 4 aromatic rings. The Morgan fingerprint density at radius 2 is 1.64 bits per heavy atom. The van der Waals surface area contributed by atoms with E-state index in [1.807, 2.05) is 25.1 Å². The molecule has 0 saturated carbocycles. The molecule has 3 heterocycles. The molecule has 1 N–H and O–H groups in total. The predicted molar refractivity (Wildman–Crippen MR) is 138 cm³/mol. The molecule has 0 radical (unpaired) electrons. The zero-order valence-electron chi connectivity index (χ0n) is 21.0. The third kappa shape index (κ3) is 4.59. The van der Waals surface area contributed by atoms with Crippen LogP contribution in [0.25, 0.3) is 4.96 Å². The summed E-state index contributed by atoms with van der Waals surface area (Å²) in [6.07, 6.45) is 0. The average Bonchev–Trinajstić information content (AvgIpc) is 3.41. The van der Waals surface area contributed by atoms with E-state index >= 15 is 0 Å². The lowest BCUT2D eigenvalue weighted by molar-refractivity contribution is 0.104. The van der Waals surface area contributed by atoms with Crippen molar-refractivity contribution in [2.45, 2.75) is 19.5 Å². The van der Waals surface area contributed by atoms with Crippen molar-refractivity contribution in [1.82, 2.24) is 24.4 Å². The second kappa shape index (κ2) is 10.3. The molecular formula is C26H31N5O4S. The number of hydrogen-bond donors (Lipinski definition) is 1. The number of ether oxygens (including phenoxy) is 3. The van der Waals surface area contributed by atoms with E-state index in [1.54, 1.807) is 21.3 Å². The highest BCUT2D eigenvalue weighted by atomic mass is 32.1. The number of fused-ring (bicyclic) bond motifs is 1. The Morgan fingerprint density at radius 1 is 0.972 bits per heavy atom. The fraction of sp³-hybridized carbons (Fsp3) is 0.385. The summed E-state index contributed by atoms with van der Waals surface area (Å²) in [5, 5.41) is 15.6. The first-order valence-corrected chi connectivity index (χ1v) is 12.7. The zero-order chi connectivity index (χ0) is 25.2. The number of thiazole rings is 1. The van der Waals surface area contributed by atoms with Gasteiger partial charge in [-0.3, -0.25) is 9.80 Å². The maximum atomic E-state index is 11.2. The summed E-state index contributed by atoms with van der Waals surface area (Å²) < 4.78 is 18.4. The molecule has 9 nitrogen and oxygen atoms in total. The normalized spacial score (nSPS) is 15.8. The van der Waals surface area contributed by atoms with Crippen LogP contribution in [0.5, 0.6) is 23.1 Å². The average molecular weight is 510 g/mol. The number of aromatic nitrogens is 3. The fourth-order valence-electron chi connectivity index (χ4n) is 4.83. The van der Waals surface area contributed by atoms with Crippen LogP contribution in [-0.4, -0.2) is 77.0 Å². The van der Waals surface area contributed by atoms with E-state index < -0.39 is 0 Å². The minimum Gasteiger partial charge on any atom is -0.493 e. The van der Waals surface area contributed by atoms with Gasteiger partial charge >= 0.3 is 0 Å². The van der Waals surface area contributed by atoms with Gasteiger partial charge < -0.3 is 19.3 Å². The van der Waals surface area contributed by atoms with Crippen LogP contribution < -0.4 is 14.2 Å². The summed E-state index contributed by atoms with van der Waals surface area (Å²) in [4.78, 5) is 10.8. The third-order valence-corrected chi connectivity index (χ3v) is 7.65. The molecule has 0 amide bonds. The quantitative estimate of drug-likeness (QED) is 0.385. The molecule has 1 atom stereocenters. The van der Waals surface area contributed by atoms with Crippen molar-refractivity contribution in [2.75, 3.05) is 47.5 Å². The molecule has 1 fully saturated rings. The van der Waals surface area contributed by atoms with E-state index in [9.17, 15) is 5.11 Å². The molecule has 0 aliphatic carbocycles. The van der Waals surface area contributed by atoms with Gasteiger partial charge in [0, 0.05) is 32.7 Å². The van der Waals surface area contributed by atoms with Crippen LogP contribution in [0.4, 0.5) is 0 Å². The third-order valence-electron chi connectivity index (χ3n) is 6.58. The van der Waals surface area contributed by atoms with Gasteiger partial charge in [-0.25, -0.2) is 4.98 Å². The van der Waals surface area contributed by atoms with Crippen LogP contribution >= 0.6 is 11.3 Å². The fourth-order valence-corrected chi connectivity index (χ4v) is 6.00. The van der Waals surface area contributed by atoms with Crippen molar-refractivity contribution in [3.8, 4) is 23.1 Å². The number of nitrogens with zero attached hydrogens (tertiary/aromatic N) is 5. The molecular weight excluding hydrogens is 478 g/mol. The van der Waals surface area contributed by atoms with Crippen molar-refractivity contribution >= 4 is 16.3 Å². The Labute approximate surface area is 214 Å². The molecule has 1 saturated heterocycles.